The number of amides is 1. The van der Waals surface area contributed by atoms with E-state index in [1.54, 1.807) is 0 Å². The second-order valence-corrected chi connectivity index (χ2v) is 5.82. The van der Waals surface area contributed by atoms with Crippen molar-refractivity contribution in [1.29, 1.82) is 0 Å². The highest BCUT2D eigenvalue weighted by Gasteiger charge is 2.24. The van der Waals surface area contributed by atoms with Crippen LogP contribution in [-0.2, 0) is 4.79 Å². The summed E-state index contributed by atoms with van der Waals surface area (Å²) in [6.07, 6.45) is 8.42. The summed E-state index contributed by atoms with van der Waals surface area (Å²) in [4.78, 5) is 11.9. The first-order chi connectivity index (χ1) is 8.25. The Balaban J connectivity index is 1.68. The molecule has 0 aromatic carbocycles. The maximum Gasteiger partial charge on any atom is 0.220 e. The molecule has 3 nitrogen and oxygen atoms in total. The Morgan fingerprint density at radius 3 is 2.71 bits per heavy atom. The zero-order valence-corrected chi connectivity index (χ0v) is 11.0. The van der Waals surface area contributed by atoms with Crippen molar-refractivity contribution in [2.45, 2.75) is 57.9 Å². The first-order valence-electron chi connectivity index (χ1n) is 7.26. The predicted molar refractivity (Wildman–Crippen MR) is 69.8 cm³/mol. The Labute approximate surface area is 105 Å². The van der Waals surface area contributed by atoms with Gasteiger partial charge in [0, 0.05) is 12.5 Å². The fourth-order valence-electron chi connectivity index (χ4n) is 3.25. The fourth-order valence-corrected chi connectivity index (χ4v) is 3.25. The van der Waals surface area contributed by atoms with E-state index < -0.39 is 0 Å². The Bertz CT molecular complexity index is 243. The summed E-state index contributed by atoms with van der Waals surface area (Å²) < 4.78 is 0. The quantitative estimate of drug-likeness (QED) is 0.787. The van der Waals surface area contributed by atoms with Crippen molar-refractivity contribution >= 4 is 5.91 Å². The second-order valence-electron chi connectivity index (χ2n) is 5.82. The van der Waals surface area contributed by atoms with Gasteiger partial charge in [0.25, 0.3) is 0 Å². The Morgan fingerprint density at radius 1 is 1.29 bits per heavy atom. The van der Waals surface area contributed by atoms with Crippen molar-refractivity contribution in [3.8, 4) is 0 Å². The molecule has 1 saturated heterocycles. The van der Waals surface area contributed by atoms with E-state index in [-0.39, 0.29) is 5.91 Å². The van der Waals surface area contributed by atoms with Gasteiger partial charge in [-0.05, 0) is 57.5 Å². The molecule has 1 aliphatic heterocycles. The van der Waals surface area contributed by atoms with E-state index in [2.05, 4.69) is 17.6 Å². The maximum atomic E-state index is 11.9. The number of rotatable bonds is 4. The molecule has 1 unspecified atom stereocenters. The summed E-state index contributed by atoms with van der Waals surface area (Å²) >= 11 is 0. The molecule has 0 bridgehead atoms. The largest absolute Gasteiger partial charge is 0.353 e. The second kappa shape index (κ2) is 6.39. The molecular weight excluding hydrogens is 212 g/mol. The van der Waals surface area contributed by atoms with Crippen LogP contribution in [0.1, 0.15) is 51.9 Å². The van der Waals surface area contributed by atoms with Crippen LogP contribution in [0.25, 0.3) is 0 Å². The van der Waals surface area contributed by atoms with Crippen molar-refractivity contribution in [3.63, 3.8) is 0 Å². The first-order valence-corrected chi connectivity index (χ1v) is 7.26. The van der Waals surface area contributed by atoms with E-state index in [0.29, 0.717) is 18.4 Å². The molecule has 2 aliphatic rings. The van der Waals surface area contributed by atoms with Crippen LogP contribution >= 0.6 is 0 Å². The predicted octanol–water partition coefficient (Wildman–Crippen LogP) is 2.07. The topological polar surface area (TPSA) is 41.1 Å². The SMILES string of the molecule is C[C@H](NC(=O)CC1CCCNC1)C1CCCC1. The van der Waals surface area contributed by atoms with Gasteiger partial charge >= 0.3 is 0 Å². The average Bonchev–Trinajstić information content (AvgIpc) is 2.83. The van der Waals surface area contributed by atoms with Crippen molar-refractivity contribution in [2.75, 3.05) is 13.1 Å². The minimum absolute atomic E-state index is 0.262. The van der Waals surface area contributed by atoms with Crippen molar-refractivity contribution < 1.29 is 4.79 Å². The highest BCUT2D eigenvalue weighted by Crippen LogP contribution is 2.27. The summed E-state index contributed by atoms with van der Waals surface area (Å²) in [6.45, 7) is 4.31. The molecule has 1 heterocycles. The van der Waals surface area contributed by atoms with Gasteiger partial charge < -0.3 is 10.6 Å². The lowest BCUT2D eigenvalue weighted by Gasteiger charge is -2.25. The third-order valence-electron chi connectivity index (χ3n) is 4.37. The minimum atomic E-state index is 0.262. The Morgan fingerprint density at radius 2 is 2.06 bits per heavy atom. The van der Waals surface area contributed by atoms with Crippen LogP contribution in [-0.4, -0.2) is 25.0 Å². The number of carbonyl (C=O) groups is 1. The lowest BCUT2D eigenvalue weighted by Crippen LogP contribution is -2.40. The Kier molecular flexibility index (Phi) is 4.84. The van der Waals surface area contributed by atoms with E-state index in [4.69, 9.17) is 0 Å². The number of piperidine rings is 1. The molecule has 1 saturated carbocycles. The van der Waals surface area contributed by atoms with E-state index in [1.807, 2.05) is 0 Å². The summed E-state index contributed by atoms with van der Waals surface area (Å²) in [7, 11) is 0. The number of nitrogens with one attached hydrogen (secondary N) is 2. The van der Waals surface area contributed by atoms with Gasteiger partial charge in [0.1, 0.15) is 0 Å². The van der Waals surface area contributed by atoms with Gasteiger partial charge in [0.2, 0.25) is 5.91 Å². The lowest BCUT2D eigenvalue weighted by atomic mass is 9.95. The summed E-state index contributed by atoms with van der Waals surface area (Å²) in [5.41, 5.74) is 0. The molecule has 2 fully saturated rings. The van der Waals surface area contributed by atoms with Crippen molar-refractivity contribution in [3.05, 3.63) is 0 Å². The third-order valence-corrected chi connectivity index (χ3v) is 4.37. The molecule has 3 heteroatoms. The molecule has 1 aliphatic carbocycles. The van der Waals surface area contributed by atoms with Crippen LogP contribution in [0, 0.1) is 11.8 Å². The van der Waals surface area contributed by atoms with Crippen LogP contribution in [0.5, 0.6) is 0 Å². The van der Waals surface area contributed by atoms with Gasteiger partial charge in [-0.3, -0.25) is 4.79 Å². The highest BCUT2D eigenvalue weighted by atomic mass is 16.1. The molecule has 1 amide bonds. The van der Waals surface area contributed by atoms with E-state index in [0.717, 1.165) is 19.0 Å². The van der Waals surface area contributed by atoms with Gasteiger partial charge in [-0.15, -0.1) is 0 Å². The zero-order chi connectivity index (χ0) is 12.1. The van der Waals surface area contributed by atoms with Gasteiger partial charge in [-0.25, -0.2) is 0 Å². The molecule has 17 heavy (non-hydrogen) atoms. The van der Waals surface area contributed by atoms with Crippen LogP contribution in [0.15, 0.2) is 0 Å². The summed E-state index contributed by atoms with van der Waals surface area (Å²) in [6, 6.07) is 0.376. The van der Waals surface area contributed by atoms with E-state index >= 15 is 0 Å². The van der Waals surface area contributed by atoms with Gasteiger partial charge in [-0.1, -0.05) is 12.8 Å². The normalized spacial score (nSPS) is 27.9. The highest BCUT2D eigenvalue weighted by molar-refractivity contribution is 5.76. The first kappa shape index (κ1) is 12.9. The molecular formula is C14H26N2O. The van der Waals surface area contributed by atoms with Crippen LogP contribution in [0.3, 0.4) is 0 Å². The third kappa shape index (κ3) is 3.98. The smallest absolute Gasteiger partial charge is 0.220 e. The van der Waals surface area contributed by atoms with Gasteiger partial charge in [0.15, 0.2) is 0 Å². The van der Waals surface area contributed by atoms with Gasteiger partial charge in [0.05, 0.1) is 0 Å². The van der Waals surface area contributed by atoms with Crippen LogP contribution < -0.4 is 10.6 Å². The molecule has 0 radical (unpaired) electrons. The molecule has 2 atom stereocenters. The van der Waals surface area contributed by atoms with E-state index in [1.165, 1.54) is 38.5 Å². The number of carbonyl (C=O) groups excluding carboxylic acids is 1. The van der Waals surface area contributed by atoms with Crippen molar-refractivity contribution in [2.24, 2.45) is 11.8 Å². The zero-order valence-electron chi connectivity index (χ0n) is 11.0. The fraction of sp³-hybridized carbons (Fsp3) is 0.929. The number of hydrogen-bond donors (Lipinski definition) is 2. The van der Waals surface area contributed by atoms with E-state index in [9.17, 15) is 4.79 Å². The lowest BCUT2D eigenvalue weighted by molar-refractivity contribution is -0.123. The van der Waals surface area contributed by atoms with Gasteiger partial charge in [-0.2, -0.15) is 0 Å². The monoisotopic (exact) mass is 238 g/mol. The maximum absolute atomic E-state index is 11.9. The Hall–Kier alpha value is -0.570. The van der Waals surface area contributed by atoms with Crippen LogP contribution in [0.2, 0.25) is 0 Å². The summed E-state index contributed by atoms with van der Waals surface area (Å²) in [5, 5.41) is 6.57. The average molecular weight is 238 g/mol. The van der Waals surface area contributed by atoms with Crippen LogP contribution in [0.4, 0.5) is 0 Å². The molecule has 0 aromatic rings. The molecule has 0 spiro atoms. The molecule has 2 rings (SSSR count). The summed E-state index contributed by atoms with van der Waals surface area (Å²) in [5.74, 6) is 1.54. The standard InChI is InChI=1S/C14H26N2O/c1-11(13-6-2-3-7-13)16-14(17)9-12-5-4-8-15-10-12/h11-13,15H,2-10H2,1H3,(H,16,17)/t11-,12?/m0/s1. The van der Waals surface area contributed by atoms with Crippen molar-refractivity contribution in [1.82, 2.24) is 10.6 Å². The minimum Gasteiger partial charge on any atom is -0.353 e. The number of hydrogen-bond acceptors (Lipinski definition) is 2. The molecule has 2 N–H and O–H groups in total. The molecule has 98 valence electrons. The molecule has 0 aromatic heterocycles.